The number of phenolic OH excluding ortho intramolecular Hbond substituents is 2. The number of anilines is 2. The predicted octanol–water partition coefficient (Wildman–Crippen LogP) is 2.52. The Labute approximate surface area is 515 Å². The largest absolute Gasteiger partial charge is 0.508 e. The molecule has 27 heteroatoms. The van der Waals surface area contributed by atoms with Crippen LogP contribution in [0.3, 0.4) is 0 Å². The number of halogens is 1. The van der Waals surface area contributed by atoms with Crippen LogP contribution in [-0.2, 0) is 64.0 Å². The summed E-state index contributed by atoms with van der Waals surface area (Å²) in [5, 5.41) is 56.0. The van der Waals surface area contributed by atoms with Crippen molar-refractivity contribution >= 4 is 104 Å². The van der Waals surface area contributed by atoms with Crippen LogP contribution >= 0.6 is 33.2 Å². The molecule has 0 aliphatic carbocycles. The number of carbonyl (C=O) groups excluding carboxylic acids is 9. The van der Waals surface area contributed by atoms with Crippen LogP contribution < -0.4 is 59.3 Å². The van der Waals surface area contributed by atoms with Gasteiger partial charge in [0.15, 0.2) is 0 Å². The van der Waals surface area contributed by atoms with Crippen molar-refractivity contribution in [3.63, 3.8) is 0 Å². The zero-order chi connectivity index (χ0) is 63.0. The topological polar surface area (TPSA) is 387 Å². The van der Waals surface area contributed by atoms with E-state index < -0.39 is 107 Å². The van der Waals surface area contributed by atoms with Gasteiger partial charge >= 0.3 is 6.03 Å². The fourth-order valence-corrected chi connectivity index (χ4v) is 11.2. The summed E-state index contributed by atoms with van der Waals surface area (Å²) in [7, 11) is 3.60. The van der Waals surface area contributed by atoms with Gasteiger partial charge in [-0.1, -0.05) is 99.9 Å². The number of benzene rings is 5. The molecule has 6 rings (SSSR count). The minimum Gasteiger partial charge on any atom is -0.508 e. The number of aliphatic hydroxyl groups is 1. The van der Waals surface area contributed by atoms with Gasteiger partial charge in [0.25, 0.3) is 11.8 Å². The highest BCUT2D eigenvalue weighted by Gasteiger charge is 2.36. The average Bonchev–Trinajstić information content (AvgIpc) is 3.58. The van der Waals surface area contributed by atoms with Crippen molar-refractivity contribution in [2.45, 2.75) is 100 Å². The number of hydrogen-bond acceptors (Lipinski definition) is 16. The summed E-state index contributed by atoms with van der Waals surface area (Å²) in [6, 6.07) is 22.1. The van der Waals surface area contributed by atoms with Crippen molar-refractivity contribution in [2.75, 3.05) is 35.7 Å². The summed E-state index contributed by atoms with van der Waals surface area (Å²) < 4.78 is 0. The summed E-state index contributed by atoms with van der Waals surface area (Å²) in [6.07, 6.45) is -1.48. The van der Waals surface area contributed by atoms with Crippen LogP contribution in [0.5, 0.6) is 11.5 Å². The predicted molar refractivity (Wildman–Crippen MR) is 334 cm³/mol. The van der Waals surface area contributed by atoms with E-state index in [1.807, 2.05) is 0 Å². The number of rotatable bonds is 20. The molecule has 0 bridgehead atoms. The van der Waals surface area contributed by atoms with Gasteiger partial charge in [0.1, 0.15) is 53.5 Å². The Balaban J connectivity index is 1.40. The van der Waals surface area contributed by atoms with E-state index >= 15 is 0 Å². The molecule has 1 fully saturated rings. The molecule has 0 unspecified atom stereocenters. The smallest absolute Gasteiger partial charge is 0.323 e. The molecule has 16 N–H and O–H groups in total. The van der Waals surface area contributed by atoms with Gasteiger partial charge in [-0.15, -0.1) is 0 Å². The summed E-state index contributed by atoms with van der Waals surface area (Å²) in [6.45, 7) is 1.73. The highest BCUT2D eigenvalue weighted by Crippen LogP contribution is 2.25. The monoisotopic (exact) mass is 1250 g/mol. The Morgan fingerprint density at radius 1 is 0.644 bits per heavy atom. The molecule has 10 amide bonds. The zero-order valence-corrected chi connectivity index (χ0v) is 50.0. The fraction of sp³-hybridized carbons (Fsp3) is 0.333. The molecule has 1 aliphatic heterocycles. The van der Waals surface area contributed by atoms with Gasteiger partial charge in [0.2, 0.25) is 35.4 Å². The van der Waals surface area contributed by atoms with E-state index in [4.69, 9.17) is 23.1 Å². The second-order valence-corrected chi connectivity index (χ2v) is 23.4. The number of urea groups is 1. The Morgan fingerprint density at radius 2 is 1.16 bits per heavy atom. The van der Waals surface area contributed by atoms with Gasteiger partial charge in [-0.2, -0.15) is 0 Å². The lowest BCUT2D eigenvalue weighted by Gasteiger charge is -2.29. The first-order chi connectivity index (χ1) is 41.6. The minimum absolute atomic E-state index is 0.0178. The lowest BCUT2D eigenvalue weighted by molar-refractivity contribution is -0.136. The van der Waals surface area contributed by atoms with E-state index in [1.165, 1.54) is 55.5 Å². The number of primary amides is 1. The van der Waals surface area contributed by atoms with Crippen LogP contribution in [0.2, 0.25) is 5.02 Å². The minimum atomic E-state index is -1.78. The number of unbranched alkanes of at least 4 members (excludes halogenated alkanes) is 1. The van der Waals surface area contributed by atoms with E-state index in [2.05, 4.69) is 52.8 Å². The van der Waals surface area contributed by atoms with Gasteiger partial charge in [-0.25, -0.2) is 9.79 Å². The Hall–Kier alpha value is -8.53. The normalized spacial score (nSPS) is 20.0. The van der Waals surface area contributed by atoms with Gasteiger partial charge < -0.3 is 74.6 Å². The quantitative estimate of drug-likeness (QED) is 0.0302. The van der Waals surface area contributed by atoms with E-state index in [0.717, 1.165) is 21.6 Å². The Morgan fingerprint density at radius 3 is 1.74 bits per heavy atom. The zero-order valence-electron chi connectivity index (χ0n) is 47.6. The summed E-state index contributed by atoms with van der Waals surface area (Å²) in [5.41, 5.74) is 14.6. The molecule has 5 aromatic rings. The van der Waals surface area contributed by atoms with E-state index in [-0.39, 0.29) is 55.1 Å². The number of hydrogen-bond donors (Lipinski definition) is 14. The third-order valence-electron chi connectivity index (χ3n) is 13.5. The number of nitrogens with two attached hydrogens (primary N) is 2. The standard InChI is InChI=1S/C60H71ClN12O12S2/c1-34(74)51-59(84)72-50(57(82)68-46(52(63)77)29-37-15-23-42(75)24-16-37)33-87-86-32-49(71-53(78)44(62)28-35-11-19-39(61)20-12-35)58(83)70-48(31-38-17-25-43(76)26-18-38)56(81)69-47(55(80)67-45(54(79)73-51)10-6-7-27-64-2)30-36-13-21-41(22-14-36)66-60(85)65-40-8-4-3-5-9-40/h3-5,8-9,11-26,34,44-45,47-51,64,74-76H,6-7,10,27-33,62H2,1-2H3,(H2,63,77)(H,67,80)(H,69,81)(H,70,83)(H,71,78)(H,72,84)(H,73,79)(H2,65,66,85)/b68-46+/t34-,44+,45+,47-,48+,49-,50+,51+/m1/s1. The highest BCUT2D eigenvalue weighted by molar-refractivity contribution is 8.76. The number of nitrogens with one attached hydrogen (secondary N) is 9. The second kappa shape index (κ2) is 34.0. The summed E-state index contributed by atoms with van der Waals surface area (Å²) in [4.78, 5) is 131. The maximum atomic E-state index is 14.9. The fourth-order valence-electron chi connectivity index (χ4n) is 8.75. The first kappa shape index (κ1) is 67.6. The maximum Gasteiger partial charge on any atom is 0.323 e. The van der Waals surface area contributed by atoms with Gasteiger partial charge in [0.05, 0.1) is 12.1 Å². The van der Waals surface area contributed by atoms with Crippen molar-refractivity contribution in [1.29, 1.82) is 0 Å². The molecule has 1 saturated heterocycles. The van der Waals surface area contributed by atoms with Crippen LogP contribution in [0.4, 0.5) is 16.2 Å². The van der Waals surface area contributed by atoms with Crippen molar-refractivity contribution in [1.82, 2.24) is 37.2 Å². The second-order valence-electron chi connectivity index (χ2n) is 20.5. The molecule has 0 aromatic heterocycles. The molecule has 1 aliphatic rings. The molecule has 24 nitrogen and oxygen atoms in total. The van der Waals surface area contributed by atoms with E-state index in [9.17, 15) is 58.5 Å². The lowest BCUT2D eigenvalue weighted by atomic mass is 10.0. The number of aromatic hydroxyl groups is 2. The average molecular weight is 1250 g/mol. The molecule has 5 aromatic carbocycles. The first-order valence-corrected chi connectivity index (χ1v) is 30.6. The molecule has 0 radical (unpaired) electrons. The van der Waals surface area contributed by atoms with Crippen LogP contribution in [-0.4, -0.2) is 148 Å². The molecule has 0 saturated carbocycles. The third kappa shape index (κ3) is 22.4. The maximum absolute atomic E-state index is 14.9. The first-order valence-electron chi connectivity index (χ1n) is 27.7. The Bertz CT molecular complexity index is 3200. The number of para-hydroxylation sites is 1. The summed E-state index contributed by atoms with van der Waals surface area (Å²) >= 11 is 6.09. The third-order valence-corrected chi connectivity index (χ3v) is 16.2. The molecular formula is C60H71ClN12O12S2. The molecular weight excluding hydrogens is 1180 g/mol. The number of nitrogens with zero attached hydrogens (tertiary/aromatic N) is 1. The number of phenols is 2. The molecule has 1 heterocycles. The number of amides is 10. The molecule has 87 heavy (non-hydrogen) atoms. The van der Waals surface area contributed by atoms with Crippen LogP contribution in [0.1, 0.15) is 48.4 Å². The van der Waals surface area contributed by atoms with E-state index in [0.29, 0.717) is 58.0 Å². The van der Waals surface area contributed by atoms with Crippen molar-refractivity contribution < 1.29 is 58.5 Å². The van der Waals surface area contributed by atoms with Crippen LogP contribution in [0.15, 0.2) is 132 Å². The van der Waals surface area contributed by atoms with Crippen LogP contribution in [0, 0.1) is 0 Å². The van der Waals surface area contributed by atoms with Gasteiger partial charge in [0, 0.05) is 47.2 Å². The highest BCUT2D eigenvalue weighted by atomic mass is 35.5. The summed E-state index contributed by atoms with van der Waals surface area (Å²) in [5.74, 6) is -8.40. The van der Waals surface area contributed by atoms with Gasteiger partial charge in [-0.05, 0) is 129 Å². The number of aliphatic hydroxyl groups excluding tert-OH is 1. The van der Waals surface area contributed by atoms with Crippen molar-refractivity contribution in [3.05, 3.63) is 155 Å². The van der Waals surface area contributed by atoms with Crippen molar-refractivity contribution in [3.8, 4) is 11.5 Å². The van der Waals surface area contributed by atoms with Gasteiger partial charge in [-0.3, -0.25) is 38.4 Å². The Kier molecular flexibility index (Phi) is 26.4. The molecule has 8 atom stereocenters. The molecule has 0 spiro atoms. The van der Waals surface area contributed by atoms with E-state index in [1.54, 1.807) is 85.9 Å². The van der Waals surface area contributed by atoms with Crippen LogP contribution in [0.25, 0.3) is 0 Å². The lowest BCUT2D eigenvalue weighted by Crippen LogP contribution is -2.61. The number of carbonyl (C=O) groups is 9. The van der Waals surface area contributed by atoms with Crippen molar-refractivity contribution in [2.24, 2.45) is 16.5 Å². The molecule has 462 valence electrons. The number of aliphatic imine (C=N–C) groups is 1. The SMILES string of the molecule is CNCCCC[C@@H]1NC(=O)[C@@H](Cc2ccc(NC(=O)Nc3ccccc3)cc2)NC(=O)[C@H](Cc2ccc(O)cc2)NC(=O)[C@H](NC(=O)[C@@H](N)Cc2ccc(Cl)cc2)CSSC[C@@H](C(=O)/N=C(\Cc2ccc(O)cc2)C(N)=O)NC(=O)[C@H]([C@@H](C)O)NC1=O.